The van der Waals surface area contributed by atoms with Crippen molar-refractivity contribution < 1.29 is 33.2 Å². The van der Waals surface area contributed by atoms with Crippen molar-refractivity contribution in [1.29, 1.82) is 0 Å². The van der Waals surface area contributed by atoms with E-state index in [0.29, 0.717) is 59.1 Å². The third kappa shape index (κ3) is 12.6. The summed E-state index contributed by atoms with van der Waals surface area (Å²) in [6, 6.07) is 0. The Bertz CT molecular complexity index is 324. The van der Waals surface area contributed by atoms with Crippen LogP contribution in [0.25, 0.3) is 0 Å². The highest BCUT2D eigenvalue weighted by molar-refractivity contribution is 5.69. The SMILES string of the molecule is CCOCOCCN(CCOCOCC)CCC(=O)OCC1CCCO1. The van der Waals surface area contributed by atoms with Gasteiger partial charge >= 0.3 is 5.97 Å². The monoisotopic (exact) mass is 377 g/mol. The Labute approximate surface area is 157 Å². The normalized spacial score (nSPS) is 17.1. The molecular weight excluding hydrogens is 342 g/mol. The van der Waals surface area contributed by atoms with E-state index in [0.717, 1.165) is 19.4 Å². The maximum absolute atomic E-state index is 11.9. The lowest BCUT2D eigenvalue weighted by atomic mass is 10.2. The van der Waals surface area contributed by atoms with Gasteiger partial charge < -0.3 is 28.4 Å². The Balaban J connectivity index is 2.18. The van der Waals surface area contributed by atoms with Gasteiger partial charge in [0, 0.05) is 39.5 Å². The highest BCUT2D eigenvalue weighted by Gasteiger charge is 2.17. The summed E-state index contributed by atoms with van der Waals surface area (Å²) in [5.41, 5.74) is 0. The molecular formula is C18H35NO7. The second kappa shape index (κ2) is 16.4. The number of hydrogen-bond donors (Lipinski definition) is 0. The van der Waals surface area contributed by atoms with E-state index in [-0.39, 0.29) is 25.7 Å². The summed E-state index contributed by atoms with van der Waals surface area (Å²) in [6.07, 6.45) is 2.41. The molecule has 154 valence electrons. The van der Waals surface area contributed by atoms with Crippen LogP contribution in [0, 0.1) is 0 Å². The summed E-state index contributed by atoms with van der Waals surface area (Å²) < 4.78 is 31.9. The van der Waals surface area contributed by atoms with E-state index in [2.05, 4.69) is 4.90 Å². The highest BCUT2D eigenvalue weighted by atomic mass is 16.7. The second-order valence-electron chi connectivity index (χ2n) is 5.95. The van der Waals surface area contributed by atoms with Crippen molar-refractivity contribution in [3.8, 4) is 0 Å². The van der Waals surface area contributed by atoms with Crippen LogP contribution in [-0.2, 0) is 33.2 Å². The molecule has 1 fully saturated rings. The molecule has 26 heavy (non-hydrogen) atoms. The lowest BCUT2D eigenvalue weighted by Crippen LogP contribution is -2.34. The van der Waals surface area contributed by atoms with Gasteiger partial charge in [0.15, 0.2) is 0 Å². The van der Waals surface area contributed by atoms with Gasteiger partial charge in [0.25, 0.3) is 0 Å². The molecule has 1 saturated heterocycles. The van der Waals surface area contributed by atoms with Gasteiger partial charge in [0.1, 0.15) is 20.2 Å². The lowest BCUT2D eigenvalue weighted by molar-refractivity contribution is -0.147. The minimum Gasteiger partial charge on any atom is -0.463 e. The summed E-state index contributed by atoms with van der Waals surface area (Å²) in [6.45, 7) is 9.87. The lowest BCUT2D eigenvalue weighted by Gasteiger charge is -2.22. The maximum atomic E-state index is 11.9. The van der Waals surface area contributed by atoms with E-state index < -0.39 is 0 Å². The molecule has 0 aromatic carbocycles. The van der Waals surface area contributed by atoms with Crippen LogP contribution >= 0.6 is 0 Å². The molecule has 1 unspecified atom stereocenters. The molecule has 1 aliphatic rings. The molecule has 1 aliphatic heterocycles. The fourth-order valence-electron chi connectivity index (χ4n) is 2.41. The summed E-state index contributed by atoms with van der Waals surface area (Å²) in [5, 5.41) is 0. The van der Waals surface area contributed by atoms with Crippen LogP contribution in [0.5, 0.6) is 0 Å². The third-order valence-electron chi connectivity index (χ3n) is 3.93. The maximum Gasteiger partial charge on any atom is 0.307 e. The number of rotatable bonds is 17. The molecule has 0 aliphatic carbocycles. The summed E-state index contributed by atoms with van der Waals surface area (Å²) in [7, 11) is 0. The minimum atomic E-state index is -0.198. The average Bonchev–Trinajstić information content (AvgIpc) is 3.17. The van der Waals surface area contributed by atoms with Gasteiger partial charge in [-0.2, -0.15) is 0 Å². The molecule has 0 N–H and O–H groups in total. The van der Waals surface area contributed by atoms with Gasteiger partial charge in [-0.3, -0.25) is 9.69 Å². The van der Waals surface area contributed by atoms with Crippen LogP contribution in [-0.4, -0.2) is 89.8 Å². The van der Waals surface area contributed by atoms with E-state index in [4.69, 9.17) is 28.4 Å². The first-order valence-corrected chi connectivity index (χ1v) is 9.56. The first kappa shape index (κ1) is 23.3. The molecule has 0 aromatic rings. The molecule has 0 radical (unpaired) electrons. The molecule has 1 heterocycles. The van der Waals surface area contributed by atoms with Gasteiger partial charge in [-0.15, -0.1) is 0 Å². The fraction of sp³-hybridized carbons (Fsp3) is 0.944. The molecule has 1 rings (SSSR count). The molecule has 8 heteroatoms. The van der Waals surface area contributed by atoms with Crippen molar-refractivity contribution in [3.63, 3.8) is 0 Å². The highest BCUT2D eigenvalue weighted by Crippen LogP contribution is 2.12. The van der Waals surface area contributed by atoms with Gasteiger partial charge in [-0.05, 0) is 26.7 Å². The Hall–Kier alpha value is -0.770. The Morgan fingerprint density at radius 2 is 1.65 bits per heavy atom. The third-order valence-corrected chi connectivity index (χ3v) is 3.93. The molecule has 0 bridgehead atoms. The van der Waals surface area contributed by atoms with E-state index in [1.165, 1.54) is 0 Å². The molecule has 0 spiro atoms. The van der Waals surface area contributed by atoms with Gasteiger partial charge in [0.2, 0.25) is 0 Å². The largest absolute Gasteiger partial charge is 0.463 e. The van der Waals surface area contributed by atoms with Gasteiger partial charge in [-0.1, -0.05) is 0 Å². The van der Waals surface area contributed by atoms with E-state index >= 15 is 0 Å². The van der Waals surface area contributed by atoms with Crippen LogP contribution in [0.15, 0.2) is 0 Å². The molecule has 0 amide bonds. The van der Waals surface area contributed by atoms with Crippen molar-refractivity contribution >= 4 is 5.97 Å². The smallest absolute Gasteiger partial charge is 0.307 e. The zero-order valence-corrected chi connectivity index (χ0v) is 16.3. The number of ether oxygens (including phenoxy) is 6. The predicted octanol–water partition coefficient (Wildman–Crippen LogP) is 1.42. The van der Waals surface area contributed by atoms with Crippen molar-refractivity contribution in [2.75, 3.05) is 72.9 Å². The Morgan fingerprint density at radius 3 is 2.19 bits per heavy atom. The molecule has 8 nitrogen and oxygen atoms in total. The van der Waals surface area contributed by atoms with Crippen LogP contribution in [0.2, 0.25) is 0 Å². The van der Waals surface area contributed by atoms with E-state index in [9.17, 15) is 4.79 Å². The topological polar surface area (TPSA) is 75.7 Å². The van der Waals surface area contributed by atoms with Crippen LogP contribution in [0.4, 0.5) is 0 Å². The summed E-state index contributed by atoms with van der Waals surface area (Å²) in [5.74, 6) is -0.198. The minimum absolute atomic E-state index is 0.0639. The number of hydrogen-bond acceptors (Lipinski definition) is 8. The zero-order chi connectivity index (χ0) is 18.9. The zero-order valence-electron chi connectivity index (χ0n) is 16.3. The number of carbonyl (C=O) groups is 1. The summed E-state index contributed by atoms with van der Waals surface area (Å²) >= 11 is 0. The molecule has 1 atom stereocenters. The van der Waals surface area contributed by atoms with Crippen molar-refractivity contribution in [1.82, 2.24) is 4.90 Å². The van der Waals surface area contributed by atoms with E-state index in [1.807, 2.05) is 13.8 Å². The fourth-order valence-corrected chi connectivity index (χ4v) is 2.41. The standard InChI is InChI=1S/C18H35NO7/c1-3-21-15-23-12-9-19(10-13-24-16-22-4-2)8-7-18(20)26-14-17-6-5-11-25-17/h17H,3-16H2,1-2H3. The number of nitrogens with zero attached hydrogens (tertiary/aromatic N) is 1. The van der Waals surface area contributed by atoms with E-state index in [1.54, 1.807) is 0 Å². The van der Waals surface area contributed by atoms with Crippen LogP contribution < -0.4 is 0 Å². The van der Waals surface area contributed by atoms with Crippen molar-refractivity contribution in [2.45, 2.75) is 39.2 Å². The van der Waals surface area contributed by atoms with Crippen molar-refractivity contribution in [2.24, 2.45) is 0 Å². The first-order chi connectivity index (χ1) is 12.8. The Kier molecular flexibility index (Phi) is 14.7. The predicted molar refractivity (Wildman–Crippen MR) is 95.9 cm³/mol. The van der Waals surface area contributed by atoms with Crippen LogP contribution in [0.3, 0.4) is 0 Å². The van der Waals surface area contributed by atoms with Crippen LogP contribution in [0.1, 0.15) is 33.1 Å². The van der Waals surface area contributed by atoms with Gasteiger partial charge in [0.05, 0.1) is 25.7 Å². The first-order valence-electron chi connectivity index (χ1n) is 9.56. The summed E-state index contributed by atoms with van der Waals surface area (Å²) in [4.78, 5) is 14.0. The van der Waals surface area contributed by atoms with Gasteiger partial charge in [-0.25, -0.2) is 0 Å². The second-order valence-corrected chi connectivity index (χ2v) is 5.95. The number of esters is 1. The molecule has 0 saturated carbocycles. The Morgan fingerprint density at radius 1 is 1.00 bits per heavy atom. The molecule has 0 aromatic heterocycles. The average molecular weight is 377 g/mol. The number of carbonyl (C=O) groups excluding carboxylic acids is 1. The quantitative estimate of drug-likeness (QED) is 0.214. The van der Waals surface area contributed by atoms with Crippen molar-refractivity contribution in [3.05, 3.63) is 0 Å².